The fourth-order valence-corrected chi connectivity index (χ4v) is 0.733. The average Bonchev–Trinajstić information content (AvgIpc) is 1.98. The first-order valence-corrected chi connectivity index (χ1v) is 3.72. The first-order chi connectivity index (χ1) is 5.09. The molecular weight excluding hydrogens is 149 g/mol. The Bertz CT molecular complexity index is 130. The van der Waals surface area contributed by atoms with Gasteiger partial charge in [0, 0.05) is 0 Å². The molecule has 3 nitrogen and oxygen atoms in total. The number of halogens is 1. The van der Waals surface area contributed by atoms with Crippen molar-refractivity contribution < 1.29 is 14.3 Å². The van der Waals surface area contributed by atoms with Crippen LogP contribution >= 0.6 is 0 Å². The Kier molecular flexibility index (Phi) is 4.77. The summed E-state index contributed by atoms with van der Waals surface area (Å²) in [5, 5.41) is 8.29. The lowest BCUT2D eigenvalue weighted by atomic mass is 10.1. The lowest BCUT2D eigenvalue weighted by Crippen LogP contribution is -2.39. The predicted molar refractivity (Wildman–Crippen MR) is 40.0 cm³/mol. The van der Waals surface area contributed by atoms with Crippen molar-refractivity contribution in [1.82, 2.24) is 0 Å². The van der Waals surface area contributed by atoms with Crippen LogP contribution in [0.15, 0.2) is 0 Å². The summed E-state index contributed by atoms with van der Waals surface area (Å²) in [6.45, 7) is 1.92. The second kappa shape index (κ2) is 5.07. The van der Waals surface area contributed by atoms with Crippen LogP contribution in [0.5, 0.6) is 0 Å². The van der Waals surface area contributed by atoms with Crippen molar-refractivity contribution in [3.05, 3.63) is 0 Å². The zero-order chi connectivity index (χ0) is 8.85. The average molecular weight is 163 g/mol. The Labute approximate surface area is 65.4 Å². The molecule has 11 heavy (non-hydrogen) atoms. The first-order valence-electron chi connectivity index (χ1n) is 3.72. The summed E-state index contributed by atoms with van der Waals surface area (Å²) in [6.07, 6.45) is 0.367. The summed E-state index contributed by atoms with van der Waals surface area (Å²) in [7, 11) is 0. The highest BCUT2D eigenvalue weighted by Crippen LogP contribution is 2.07. The molecule has 0 aromatic carbocycles. The number of carboxylic acids is 1. The van der Waals surface area contributed by atoms with Crippen LogP contribution in [0.1, 0.15) is 26.2 Å². The molecule has 0 saturated heterocycles. The molecule has 3 N–H and O–H groups in total. The van der Waals surface area contributed by atoms with Crippen LogP contribution < -0.4 is 5.73 Å². The number of rotatable bonds is 5. The minimum Gasteiger partial charge on any atom is -0.480 e. The molecule has 0 spiro atoms. The number of alkyl halides is 1. The molecule has 4 heteroatoms. The van der Waals surface area contributed by atoms with Gasteiger partial charge in [0.15, 0.2) is 0 Å². The monoisotopic (exact) mass is 163 g/mol. The van der Waals surface area contributed by atoms with Gasteiger partial charge in [0.25, 0.3) is 0 Å². The van der Waals surface area contributed by atoms with Crippen molar-refractivity contribution in [3.63, 3.8) is 0 Å². The number of hydrogen-bond donors (Lipinski definition) is 2. The normalized spacial score (nSPS) is 15.9. The fraction of sp³-hybridized carbons (Fsp3) is 0.857. The van der Waals surface area contributed by atoms with Crippen LogP contribution in [0.2, 0.25) is 0 Å². The molecule has 0 aromatic rings. The molecular formula is C7H14FNO2. The van der Waals surface area contributed by atoms with Gasteiger partial charge in [-0.1, -0.05) is 19.8 Å². The van der Waals surface area contributed by atoms with Crippen LogP contribution in [0.4, 0.5) is 4.39 Å². The summed E-state index contributed by atoms with van der Waals surface area (Å²) in [5.74, 6) is -1.27. The molecule has 2 unspecified atom stereocenters. The summed E-state index contributed by atoms with van der Waals surface area (Å²) in [5.41, 5.74) is 5.03. The second-order valence-electron chi connectivity index (χ2n) is 2.52. The van der Waals surface area contributed by atoms with Gasteiger partial charge in [-0.25, -0.2) is 4.39 Å². The Morgan fingerprint density at radius 1 is 1.73 bits per heavy atom. The first kappa shape index (κ1) is 10.4. The molecule has 0 heterocycles. The lowest BCUT2D eigenvalue weighted by molar-refractivity contribution is -0.140. The highest BCUT2D eigenvalue weighted by molar-refractivity contribution is 5.73. The molecule has 0 rings (SSSR count). The van der Waals surface area contributed by atoms with Gasteiger partial charge >= 0.3 is 5.97 Å². The summed E-state index contributed by atoms with van der Waals surface area (Å²) >= 11 is 0. The highest BCUT2D eigenvalue weighted by Gasteiger charge is 2.22. The maximum Gasteiger partial charge on any atom is 0.323 e. The standard InChI is InChI=1S/C7H14FNO2/c1-2-3-4-5(8)6(9)7(10)11/h5-6H,2-4,9H2,1H3,(H,10,11). The van der Waals surface area contributed by atoms with Crippen molar-refractivity contribution in [2.75, 3.05) is 0 Å². The number of unbranched alkanes of at least 4 members (excludes halogenated alkanes) is 1. The maximum absolute atomic E-state index is 12.7. The maximum atomic E-state index is 12.7. The number of aliphatic carboxylic acids is 1. The number of nitrogens with two attached hydrogens (primary N) is 1. The summed E-state index contributed by atoms with van der Waals surface area (Å²) in [6, 6.07) is -1.36. The molecule has 0 aliphatic rings. The van der Waals surface area contributed by atoms with E-state index < -0.39 is 18.2 Å². The van der Waals surface area contributed by atoms with E-state index in [1.807, 2.05) is 6.92 Å². The van der Waals surface area contributed by atoms with Crippen molar-refractivity contribution >= 4 is 5.97 Å². The van der Waals surface area contributed by atoms with Crippen LogP contribution in [-0.4, -0.2) is 23.3 Å². The van der Waals surface area contributed by atoms with E-state index in [0.717, 1.165) is 6.42 Å². The van der Waals surface area contributed by atoms with Crippen molar-refractivity contribution in [2.45, 2.75) is 38.4 Å². The molecule has 0 aromatic heterocycles. The van der Waals surface area contributed by atoms with Crippen LogP contribution in [0.3, 0.4) is 0 Å². The highest BCUT2D eigenvalue weighted by atomic mass is 19.1. The SMILES string of the molecule is CCCCC(F)C(N)C(=O)O. The zero-order valence-corrected chi connectivity index (χ0v) is 6.59. The predicted octanol–water partition coefficient (Wildman–Crippen LogP) is 0.927. The molecule has 0 saturated carbocycles. The Balaban J connectivity index is 3.63. The van der Waals surface area contributed by atoms with Crippen LogP contribution in [0.25, 0.3) is 0 Å². The molecule has 0 aliphatic carbocycles. The number of carbonyl (C=O) groups is 1. The summed E-state index contributed by atoms with van der Waals surface area (Å²) in [4.78, 5) is 10.1. The third-order valence-electron chi connectivity index (χ3n) is 1.51. The van der Waals surface area contributed by atoms with E-state index in [4.69, 9.17) is 10.8 Å². The molecule has 2 atom stereocenters. The fourth-order valence-electron chi connectivity index (χ4n) is 0.733. The zero-order valence-electron chi connectivity index (χ0n) is 6.59. The van der Waals surface area contributed by atoms with E-state index in [9.17, 15) is 9.18 Å². The van der Waals surface area contributed by atoms with E-state index in [1.165, 1.54) is 0 Å². The second-order valence-corrected chi connectivity index (χ2v) is 2.52. The minimum atomic E-state index is -1.41. The number of carboxylic acid groups (broad SMARTS) is 1. The molecule has 0 fully saturated rings. The number of hydrogen-bond acceptors (Lipinski definition) is 2. The van der Waals surface area contributed by atoms with Gasteiger partial charge in [-0.15, -0.1) is 0 Å². The molecule has 0 aliphatic heterocycles. The van der Waals surface area contributed by atoms with Gasteiger partial charge in [-0.2, -0.15) is 0 Å². The van der Waals surface area contributed by atoms with E-state index >= 15 is 0 Å². The van der Waals surface area contributed by atoms with Crippen molar-refractivity contribution in [2.24, 2.45) is 5.73 Å². The Hall–Kier alpha value is -0.640. The largest absolute Gasteiger partial charge is 0.480 e. The lowest BCUT2D eigenvalue weighted by Gasteiger charge is -2.10. The van der Waals surface area contributed by atoms with E-state index in [0.29, 0.717) is 6.42 Å². The minimum absolute atomic E-state index is 0.240. The van der Waals surface area contributed by atoms with Gasteiger partial charge in [0.1, 0.15) is 12.2 Å². The Morgan fingerprint density at radius 2 is 2.27 bits per heavy atom. The quantitative estimate of drug-likeness (QED) is 0.633. The molecule has 0 bridgehead atoms. The topological polar surface area (TPSA) is 63.3 Å². The summed E-state index contributed by atoms with van der Waals surface area (Å²) < 4.78 is 12.7. The van der Waals surface area contributed by atoms with Crippen molar-refractivity contribution in [1.29, 1.82) is 0 Å². The Morgan fingerprint density at radius 3 is 2.64 bits per heavy atom. The third-order valence-corrected chi connectivity index (χ3v) is 1.51. The van der Waals surface area contributed by atoms with E-state index in [2.05, 4.69) is 0 Å². The third kappa shape index (κ3) is 3.93. The van der Waals surface area contributed by atoms with Crippen LogP contribution in [0, 0.1) is 0 Å². The van der Waals surface area contributed by atoms with Gasteiger partial charge < -0.3 is 10.8 Å². The van der Waals surface area contributed by atoms with Gasteiger partial charge in [-0.3, -0.25) is 4.79 Å². The molecule has 66 valence electrons. The molecule has 0 amide bonds. The van der Waals surface area contributed by atoms with Gasteiger partial charge in [0.05, 0.1) is 0 Å². The smallest absolute Gasteiger partial charge is 0.323 e. The van der Waals surface area contributed by atoms with Gasteiger partial charge in [-0.05, 0) is 6.42 Å². The van der Waals surface area contributed by atoms with E-state index in [-0.39, 0.29) is 6.42 Å². The van der Waals surface area contributed by atoms with Crippen molar-refractivity contribution in [3.8, 4) is 0 Å². The van der Waals surface area contributed by atoms with Gasteiger partial charge in [0.2, 0.25) is 0 Å². The van der Waals surface area contributed by atoms with E-state index in [1.54, 1.807) is 0 Å². The van der Waals surface area contributed by atoms with Crippen LogP contribution in [-0.2, 0) is 4.79 Å². The molecule has 0 radical (unpaired) electrons.